The van der Waals surface area contributed by atoms with E-state index >= 15 is 0 Å². The second-order valence-electron chi connectivity index (χ2n) is 7.82. The zero-order valence-corrected chi connectivity index (χ0v) is 15.2. The summed E-state index contributed by atoms with van der Waals surface area (Å²) >= 11 is 0. The van der Waals surface area contributed by atoms with Gasteiger partial charge in [0.15, 0.2) is 0 Å². The van der Waals surface area contributed by atoms with Crippen LogP contribution in [0.3, 0.4) is 0 Å². The quantitative estimate of drug-likeness (QED) is 0.548. The van der Waals surface area contributed by atoms with E-state index in [9.17, 15) is 0 Å². The molecule has 19 heavy (non-hydrogen) atoms. The molecule has 0 aliphatic heterocycles. The molecular weight excluding hydrogens is 256 g/mol. The first-order valence-corrected chi connectivity index (χ1v) is 8.83. The Kier molecular flexibility index (Phi) is 6.03. The zero-order chi connectivity index (χ0) is 15.5. The van der Waals surface area contributed by atoms with Gasteiger partial charge in [-0.25, -0.2) is 0 Å². The summed E-state index contributed by atoms with van der Waals surface area (Å²) in [4.78, 5) is 0. The largest absolute Gasteiger partial charge is 0.506 e. The molecule has 0 bridgehead atoms. The molecule has 3 nitrogen and oxygen atoms in total. The number of hydrogen-bond acceptors (Lipinski definition) is 3. The molecule has 0 radical (unpaired) electrons. The molecule has 0 saturated heterocycles. The minimum atomic E-state index is -2.82. The number of allylic oxidation sites excluding steroid dienone is 1. The lowest BCUT2D eigenvalue weighted by Gasteiger charge is -2.42. The van der Waals surface area contributed by atoms with Crippen LogP contribution < -0.4 is 0 Å². The highest BCUT2D eigenvalue weighted by molar-refractivity contribution is 6.61. The summed E-state index contributed by atoms with van der Waals surface area (Å²) < 4.78 is 18.7. The first-order chi connectivity index (χ1) is 8.18. The van der Waals surface area contributed by atoms with E-state index in [1.807, 2.05) is 68.4 Å². The fraction of sp³-hybridized carbons (Fsp3) is 0.867. The van der Waals surface area contributed by atoms with Crippen LogP contribution in [0.15, 0.2) is 12.7 Å². The van der Waals surface area contributed by atoms with E-state index in [0.29, 0.717) is 6.04 Å². The van der Waals surface area contributed by atoms with Gasteiger partial charge in [-0.05, 0) is 62.3 Å². The van der Waals surface area contributed by atoms with Crippen molar-refractivity contribution in [1.29, 1.82) is 0 Å². The van der Waals surface area contributed by atoms with E-state index in [1.54, 1.807) is 0 Å². The zero-order valence-electron chi connectivity index (χ0n) is 14.2. The molecule has 0 aromatic heterocycles. The molecule has 0 heterocycles. The first-order valence-electron chi connectivity index (χ1n) is 6.89. The number of hydrogen-bond donors (Lipinski definition) is 0. The van der Waals surface area contributed by atoms with Gasteiger partial charge in [0.25, 0.3) is 0 Å². The molecule has 0 rings (SSSR count). The summed E-state index contributed by atoms with van der Waals surface area (Å²) in [6.45, 7) is 22.0. The molecule has 4 heteroatoms. The van der Waals surface area contributed by atoms with Crippen molar-refractivity contribution in [2.75, 3.05) is 0 Å². The van der Waals surface area contributed by atoms with Crippen molar-refractivity contribution in [2.45, 2.75) is 85.2 Å². The van der Waals surface area contributed by atoms with Crippen molar-refractivity contribution in [2.24, 2.45) is 0 Å². The van der Waals surface area contributed by atoms with Gasteiger partial charge in [0.2, 0.25) is 0 Å². The van der Waals surface area contributed by atoms with Crippen molar-refractivity contribution >= 4 is 8.80 Å². The van der Waals surface area contributed by atoms with Gasteiger partial charge in [-0.3, -0.25) is 0 Å². The van der Waals surface area contributed by atoms with Crippen molar-refractivity contribution in [3.8, 4) is 0 Å². The number of rotatable bonds is 5. The minimum Gasteiger partial charge on any atom is -0.368 e. The van der Waals surface area contributed by atoms with Crippen LogP contribution in [-0.2, 0) is 13.3 Å². The molecule has 0 aliphatic rings. The maximum absolute atomic E-state index is 6.24. The van der Waals surface area contributed by atoms with Crippen molar-refractivity contribution in [3.63, 3.8) is 0 Å². The Labute approximate surface area is 120 Å². The van der Waals surface area contributed by atoms with Crippen molar-refractivity contribution in [1.82, 2.24) is 0 Å². The maximum Gasteiger partial charge on any atom is 0.506 e. The highest BCUT2D eigenvalue weighted by Gasteiger charge is 2.49. The molecular formula is C15H32O3Si. The Hall–Kier alpha value is -0.163. The molecule has 114 valence electrons. The molecule has 0 aliphatic carbocycles. The Morgan fingerprint density at radius 2 is 1.00 bits per heavy atom. The second-order valence-corrected chi connectivity index (χ2v) is 10.2. The molecule has 0 aromatic rings. The standard InChI is InChI=1S/C15H32O3Si/c1-11-12-19(16-13(2,3)4,17-14(5,6)7)18-15(8,9)10/h11H,1,12H2,2-10H3. The molecule has 0 fully saturated rings. The normalized spacial score (nSPS) is 14.6. The SMILES string of the molecule is C=CC[Si](OC(C)(C)C)(OC(C)(C)C)OC(C)(C)C. The molecule has 0 atom stereocenters. The molecule has 0 spiro atoms. The Bertz CT molecular complexity index is 251. The summed E-state index contributed by atoms with van der Waals surface area (Å²) in [5.41, 5.74) is -0.941. The van der Waals surface area contributed by atoms with Crippen LogP contribution in [0.1, 0.15) is 62.3 Å². The Morgan fingerprint density at radius 1 is 0.737 bits per heavy atom. The van der Waals surface area contributed by atoms with Crippen LogP contribution in [0.2, 0.25) is 6.04 Å². The van der Waals surface area contributed by atoms with E-state index < -0.39 is 8.80 Å². The smallest absolute Gasteiger partial charge is 0.368 e. The van der Waals surface area contributed by atoms with Crippen LogP contribution in [0.5, 0.6) is 0 Å². The predicted octanol–water partition coefficient (Wildman–Crippen LogP) is 4.56. The first kappa shape index (κ1) is 18.8. The Balaban J connectivity index is 5.40. The van der Waals surface area contributed by atoms with E-state index in [0.717, 1.165) is 0 Å². The molecule has 0 aromatic carbocycles. The highest BCUT2D eigenvalue weighted by atomic mass is 28.4. The fourth-order valence-corrected chi connectivity index (χ4v) is 5.29. The lowest BCUT2D eigenvalue weighted by atomic mass is 10.2. The summed E-state index contributed by atoms with van der Waals surface area (Å²) in [5, 5.41) is 0. The molecule has 0 amide bonds. The van der Waals surface area contributed by atoms with Crippen LogP contribution in [-0.4, -0.2) is 25.6 Å². The van der Waals surface area contributed by atoms with Crippen LogP contribution >= 0.6 is 0 Å². The van der Waals surface area contributed by atoms with E-state index in [1.165, 1.54) is 0 Å². The molecule has 0 saturated carbocycles. The van der Waals surface area contributed by atoms with Crippen LogP contribution in [0.25, 0.3) is 0 Å². The fourth-order valence-electron chi connectivity index (χ4n) is 1.76. The minimum absolute atomic E-state index is 0.314. The van der Waals surface area contributed by atoms with Gasteiger partial charge in [-0.2, -0.15) is 0 Å². The van der Waals surface area contributed by atoms with Gasteiger partial charge in [0, 0.05) is 6.04 Å². The summed E-state index contributed by atoms with van der Waals surface area (Å²) in [5.74, 6) is 0. The van der Waals surface area contributed by atoms with E-state index in [2.05, 4.69) is 6.58 Å². The van der Waals surface area contributed by atoms with Gasteiger partial charge in [0.05, 0.1) is 16.8 Å². The topological polar surface area (TPSA) is 27.7 Å². The highest BCUT2D eigenvalue weighted by Crippen LogP contribution is 2.31. The monoisotopic (exact) mass is 288 g/mol. The van der Waals surface area contributed by atoms with Gasteiger partial charge < -0.3 is 13.3 Å². The van der Waals surface area contributed by atoms with Crippen LogP contribution in [0.4, 0.5) is 0 Å². The van der Waals surface area contributed by atoms with E-state index in [-0.39, 0.29) is 16.8 Å². The van der Waals surface area contributed by atoms with Crippen LogP contribution in [0, 0.1) is 0 Å². The van der Waals surface area contributed by atoms with Gasteiger partial charge in [-0.15, -0.1) is 6.58 Å². The summed E-state index contributed by atoms with van der Waals surface area (Å²) in [7, 11) is -2.82. The van der Waals surface area contributed by atoms with Gasteiger partial charge in [0.1, 0.15) is 0 Å². The second kappa shape index (κ2) is 6.08. The Morgan fingerprint density at radius 3 is 1.16 bits per heavy atom. The van der Waals surface area contributed by atoms with Crippen molar-refractivity contribution < 1.29 is 13.3 Å². The summed E-state index contributed by atoms with van der Waals surface area (Å²) in [6.07, 6.45) is 1.83. The lowest BCUT2D eigenvalue weighted by Crippen LogP contribution is -2.56. The third kappa shape index (κ3) is 9.38. The predicted molar refractivity (Wildman–Crippen MR) is 83.3 cm³/mol. The third-order valence-corrected chi connectivity index (χ3v) is 5.34. The maximum atomic E-state index is 6.24. The third-order valence-electron chi connectivity index (χ3n) is 1.78. The molecule has 0 unspecified atom stereocenters. The average molecular weight is 289 g/mol. The lowest BCUT2D eigenvalue weighted by molar-refractivity contribution is -0.0734. The van der Waals surface area contributed by atoms with Gasteiger partial charge >= 0.3 is 8.80 Å². The van der Waals surface area contributed by atoms with E-state index in [4.69, 9.17) is 13.3 Å². The van der Waals surface area contributed by atoms with Crippen molar-refractivity contribution in [3.05, 3.63) is 12.7 Å². The van der Waals surface area contributed by atoms with Gasteiger partial charge in [-0.1, -0.05) is 6.08 Å². The molecule has 0 N–H and O–H groups in total. The average Bonchev–Trinajstić information content (AvgIpc) is 1.90. The summed E-state index contributed by atoms with van der Waals surface area (Å²) in [6, 6.07) is 0.610.